The Balaban J connectivity index is 2.33. The fourth-order valence-corrected chi connectivity index (χ4v) is 2.39. The summed E-state index contributed by atoms with van der Waals surface area (Å²) in [4.78, 5) is 13.9. The zero-order valence-corrected chi connectivity index (χ0v) is 12.0. The van der Waals surface area contributed by atoms with E-state index in [-0.39, 0.29) is 11.6 Å². The van der Waals surface area contributed by atoms with E-state index in [9.17, 15) is 4.79 Å². The van der Waals surface area contributed by atoms with Crippen molar-refractivity contribution in [2.24, 2.45) is 5.92 Å². The van der Waals surface area contributed by atoms with Gasteiger partial charge in [-0.25, -0.2) is 0 Å². The van der Waals surface area contributed by atoms with Gasteiger partial charge in [0.15, 0.2) is 0 Å². The minimum absolute atomic E-state index is 0.112. The molecule has 1 aliphatic rings. The van der Waals surface area contributed by atoms with E-state index < -0.39 is 0 Å². The predicted octanol–water partition coefficient (Wildman–Crippen LogP) is 2.84. The van der Waals surface area contributed by atoms with Crippen LogP contribution in [-0.2, 0) is 9.53 Å². The highest BCUT2D eigenvalue weighted by Crippen LogP contribution is 2.26. The lowest BCUT2D eigenvalue weighted by molar-refractivity contribution is -0.156. The van der Waals surface area contributed by atoms with Gasteiger partial charge < -0.3 is 4.74 Å². The van der Waals surface area contributed by atoms with Crippen LogP contribution in [0, 0.1) is 5.92 Å². The molecule has 3 nitrogen and oxygen atoms in total. The molecule has 0 amide bonds. The summed E-state index contributed by atoms with van der Waals surface area (Å²) in [5, 5.41) is 0. The topological polar surface area (TPSA) is 29.5 Å². The average molecular weight is 241 g/mol. The van der Waals surface area contributed by atoms with Gasteiger partial charge in [0.05, 0.1) is 6.54 Å². The summed E-state index contributed by atoms with van der Waals surface area (Å²) >= 11 is 0. The summed E-state index contributed by atoms with van der Waals surface area (Å²) in [6.07, 6.45) is 4.98. The maximum absolute atomic E-state index is 11.7. The molecular formula is C14H27NO2. The van der Waals surface area contributed by atoms with Crippen LogP contribution in [0.4, 0.5) is 0 Å². The van der Waals surface area contributed by atoms with E-state index in [0.29, 0.717) is 12.6 Å². The second-order valence-electron chi connectivity index (χ2n) is 6.42. The van der Waals surface area contributed by atoms with Crippen LogP contribution in [-0.4, -0.2) is 36.1 Å². The van der Waals surface area contributed by atoms with Crippen LogP contribution in [0.25, 0.3) is 0 Å². The van der Waals surface area contributed by atoms with E-state index in [2.05, 4.69) is 11.8 Å². The highest BCUT2D eigenvalue weighted by Gasteiger charge is 2.24. The molecule has 0 N–H and O–H groups in total. The highest BCUT2D eigenvalue weighted by molar-refractivity contribution is 5.72. The van der Waals surface area contributed by atoms with Crippen molar-refractivity contribution >= 4 is 5.97 Å². The monoisotopic (exact) mass is 241 g/mol. The lowest BCUT2D eigenvalue weighted by atomic mass is 9.87. The zero-order chi connectivity index (χ0) is 13.1. The van der Waals surface area contributed by atoms with E-state index in [1.807, 2.05) is 27.8 Å². The van der Waals surface area contributed by atoms with Crippen LogP contribution in [0.3, 0.4) is 0 Å². The Morgan fingerprint density at radius 2 is 1.76 bits per heavy atom. The number of carbonyl (C=O) groups is 1. The number of carbonyl (C=O) groups excluding carboxylic acids is 1. The largest absolute Gasteiger partial charge is 0.459 e. The van der Waals surface area contributed by atoms with Crippen molar-refractivity contribution in [1.82, 2.24) is 4.90 Å². The first-order valence-corrected chi connectivity index (χ1v) is 6.70. The fraction of sp³-hybridized carbons (Fsp3) is 0.929. The number of ether oxygens (including phenoxy) is 1. The van der Waals surface area contributed by atoms with Gasteiger partial charge in [0.2, 0.25) is 0 Å². The first kappa shape index (κ1) is 14.5. The summed E-state index contributed by atoms with van der Waals surface area (Å²) in [5.41, 5.74) is -0.376. The van der Waals surface area contributed by atoms with Crippen molar-refractivity contribution < 1.29 is 9.53 Å². The third-order valence-corrected chi connectivity index (χ3v) is 3.41. The maximum Gasteiger partial charge on any atom is 0.320 e. The Bertz CT molecular complexity index is 249. The standard InChI is InChI=1S/C14H27NO2/c1-11-6-8-12(9-7-11)15(5)10-13(16)17-14(2,3)4/h11-12H,6-10H2,1-5H3/t11-,12-. The van der Waals surface area contributed by atoms with Gasteiger partial charge in [-0.3, -0.25) is 9.69 Å². The molecule has 0 unspecified atom stereocenters. The highest BCUT2D eigenvalue weighted by atomic mass is 16.6. The van der Waals surface area contributed by atoms with E-state index >= 15 is 0 Å². The number of likely N-dealkylation sites (N-methyl/N-ethyl adjacent to an activating group) is 1. The molecule has 0 radical (unpaired) electrons. The van der Waals surface area contributed by atoms with Crippen LogP contribution in [0.5, 0.6) is 0 Å². The molecule has 0 aromatic carbocycles. The second-order valence-corrected chi connectivity index (χ2v) is 6.42. The summed E-state index contributed by atoms with van der Waals surface area (Å²) < 4.78 is 5.34. The minimum Gasteiger partial charge on any atom is -0.459 e. The Morgan fingerprint density at radius 1 is 1.24 bits per heavy atom. The normalized spacial score (nSPS) is 26.0. The van der Waals surface area contributed by atoms with Crippen molar-refractivity contribution in [3.05, 3.63) is 0 Å². The first-order valence-electron chi connectivity index (χ1n) is 6.70. The van der Waals surface area contributed by atoms with Crippen LogP contribution in [0.15, 0.2) is 0 Å². The summed E-state index contributed by atoms with van der Waals surface area (Å²) in [5.74, 6) is 0.736. The van der Waals surface area contributed by atoms with Crippen LogP contribution in [0.2, 0.25) is 0 Å². The molecule has 0 saturated heterocycles. The van der Waals surface area contributed by atoms with Crippen LogP contribution < -0.4 is 0 Å². The molecule has 0 bridgehead atoms. The lowest BCUT2D eigenvalue weighted by Gasteiger charge is -2.33. The van der Waals surface area contributed by atoms with Gasteiger partial charge in [-0.2, -0.15) is 0 Å². The minimum atomic E-state index is -0.376. The zero-order valence-electron chi connectivity index (χ0n) is 12.0. The number of hydrogen-bond acceptors (Lipinski definition) is 3. The first-order chi connectivity index (χ1) is 7.78. The van der Waals surface area contributed by atoms with Gasteiger partial charge >= 0.3 is 5.97 Å². The molecule has 3 heteroatoms. The molecular weight excluding hydrogens is 214 g/mol. The van der Waals surface area contributed by atoms with Gasteiger partial charge in [0.25, 0.3) is 0 Å². The summed E-state index contributed by atoms with van der Waals surface area (Å²) in [7, 11) is 2.03. The summed E-state index contributed by atoms with van der Waals surface area (Å²) in [6, 6.07) is 0.554. The predicted molar refractivity (Wildman–Crippen MR) is 69.9 cm³/mol. The average Bonchev–Trinajstić information content (AvgIpc) is 2.15. The smallest absolute Gasteiger partial charge is 0.320 e. The van der Waals surface area contributed by atoms with Crippen molar-refractivity contribution in [1.29, 1.82) is 0 Å². The van der Waals surface area contributed by atoms with Crippen molar-refractivity contribution in [2.45, 2.75) is 65.0 Å². The molecule has 1 rings (SSSR count). The number of rotatable bonds is 3. The molecule has 17 heavy (non-hydrogen) atoms. The van der Waals surface area contributed by atoms with Crippen LogP contribution >= 0.6 is 0 Å². The Morgan fingerprint density at radius 3 is 2.24 bits per heavy atom. The Kier molecular flexibility index (Phi) is 4.99. The molecule has 1 aliphatic carbocycles. The lowest BCUT2D eigenvalue weighted by Crippen LogP contribution is -2.40. The van der Waals surface area contributed by atoms with E-state index in [1.165, 1.54) is 25.7 Å². The molecule has 0 spiro atoms. The molecule has 0 aliphatic heterocycles. The molecule has 1 fully saturated rings. The Labute approximate surface area is 106 Å². The molecule has 1 saturated carbocycles. The van der Waals surface area contributed by atoms with Gasteiger partial charge in [0.1, 0.15) is 5.60 Å². The summed E-state index contributed by atoms with van der Waals surface area (Å²) in [6.45, 7) is 8.45. The number of esters is 1. The van der Waals surface area contributed by atoms with Crippen molar-refractivity contribution in [3.63, 3.8) is 0 Å². The van der Waals surface area contributed by atoms with Crippen LogP contribution in [0.1, 0.15) is 53.4 Å². The molecule has 100 valence electrons. The molecule has 0 heterocycles. The SMILES string of the molecule is CN(CC(=O)OC(C)(C)C)[C@H]1CC[C@H](C)CC1. The van der Waals surface area contributed by atoms with Crippen molar-refractivity contribution in [3.8, 4) is 0 Å². The Hall–Kier alpha value is -0.570. The van der Waals surface area contributed by atoms with Crippen molar-refractivity contribution in [2.75, 3.05) is 13.6 Å². The van der Waals surface area contributed by atoms with E-state index in [0.717, 1.165) is 5.92 Å². The van der Waals surface area contributed by atoms with Gasteiger partial charge in [-0.15, -0.1) is 0 Å². The van der Waals surface area contributed by atoms with E-state index in [4.69, 9.17) is 4.74 Å². The quantitative estimate of drug-likeness (QED) is 0.712. The van der Waals surface area contributed by atoms with Gasteiger partial charge in [-0.05, 0) is 59.4 Å². The van der Waals surface area contributed by atoms with Gasteiger partial charge in [-0.1, -0.05) is 6.92 Å². The maximum atomic E-state index is 11.7. The number of hydrogen-bond donors (Lipinski definition) is 0. The molecule has 0 aromatic heterocycles. The van der Waals surface area contributed by atoms with Gasteiger partial charge in [0, 0.05) is 6.04 Å². The van der Waals surface area contributed by atoms with E-state index in [1.54, 1.807) is 0 Å². The fourth-order valence-electron chi connectivity index (χ4n) is 2.39. The third-order valence-electron chi connectivity index (χ3n) is 3.41. The molecule has 0 atom stereocenters. The third kappa shape index (κ3) is 5.53. The molecule has 0 aromatic rings. The number of nitrogens with zero attached hydrogens (tertiary/aromatic N) is 1. The second kappa shape index (κ2) is 5.85.